The van der Waals surface area contributed by atoms with E-state index in [0.717, 1.165) is 5.56 Å². The van der Waals surface area contributed by atoms with Crippen molar-refractivity contribution >= 4 is 17.6 Å². The molecular formula is C11H14ClNO2. The van der Waals surface area contributed by atoms with Gasteiger partial charge in [0.1, 0.15) is 0 Å². The van der Waals surface area contributed by atoms with E-state index in [1.54, 1.807) is 24.3 Å². The number of carbonyl (C=O) groups is 1. The Bertz CT molecular complexity index is 367. The van der Waals surface area contributed by atoms with Gasteiger partial charge in [0.05, 0.1) is 12.0 Å². The lowest BCUT2D eigenvalue weighted by Gasteiger charge is -2.27. The van der Waals surface area contributed by atoms with E-state index in [9.17, 15) is 4.79 Å². The fraction of sp³-hybridized carbons (Fsp3) is 0.364. The van der Waals surface area contributed by atoms with Crippen molar-refractivity contribution in [3.8, 4) is 0 Å². The Morgan fingerprint density at radius 3 is 2.73 bits per heavy atom. The van der Waals surface area contributed by atoms with Crippen molar-refractivity contribution in [1.29, 1.82) is 0 Å². The highest BCUT2D eigenvalue weighted by molar-refractivity contribution is 6.30. The molecule has 0 spiro atoms. The first kappa shape index (κ1) is 12.0. The van der Waals surface area contributed by atoms with Gasteiger partial charge in [0.2, 0.25) is 0 Å². The van der Waals surface area contributed by atoms with Gasteiger partial charge >= 0.3 is 5.97 Å². The van der Waals surface area contributed by atoms with Gasteiger partial charge in [-0.15, -0.1) is 0 Å². The number of carboxylic acids is 1. The molecule has 0 aromatic heterocycles. The number of hydrogen-bond donors (Lipinski definition) is 2. The molecule has 0 aliphatic carbocycles. The van der Waals surface area contributed by atoms with Crippen molar-refractivity contribution in [1.82, 2.24) is 0 Å². The quantitative estimate of drug-likeness (QED) is 0.830. The lowest BCUT2D eigenvalue weighted by molar-refractivity contribution is -0.138. The summed E-state index contributed by atoms with van der Waals surface area (Å²) < 4.78 is 0. The molecule has 1 aromatic rings. The Hall–Kier alpha value is -1.06. The largest absolute Gasteiger partial charge is 0.481 e. The first-order valence-electron chi connectivity index (χ1n) is 4.74. The number of benzene rings is 1. The van der Waals surface area contributed by atoms with Gasteiger partial charge in [-0.3, -0.25) is 4.79 Å². The Kier molecular flexibility index (Phi) is 3.72. The maximum absolute atomic E-state index is 10.7. The van der Waals surface area contributed by atoms with Crippen molar-refractivity contribution < 1.29 is 9.90 Å². The smallest absolute Gasteiger partial charge is 0.305 e. The molecule has 1 atom stereocenters. The van der Waals surface area contributed by atoms with E-state index >= 15 is 0 Å². The molecule has 0 saturated carbocycles. The van der Waals surface area contributed by atoms with Gasteiger partial charge in [-0.2, -0.15) is 0 Å². The zero-order valence-electron chi connectivity index (χ0n) is 8.53. The Morgan fingerprint density at radius 2 is 2.27 bits per heavy atom. The highest BCUT2D eigenvalue weighted by Crippen LogP contribution is 2.27. The van der Waals surface area contributed by atoms with Crippen LogP contribution in [0.3, 0.4) is 0 Å². The topological polar surface area (TPSA) is 63.3 Å². The predicted octanol–water partition coefficient (Wildman–Crippen LogP) is 2.38. The average molecular weight is 228 g/mol. The second kappa shape index (κ2) is 4.64. The molecule has 1 aromatic carbocycles. The fourth-order valence-electron chi connectivity index (χ4n) is 1.50. The molecule has 1 rings (SSSR count). The van der Waals surface area contributed by atoms with Gasteiger partial charge in [-0.25, -0.2) is 0 Å². The molecule has 1 unspecified atom stereocenters. The molecule has 0 aliphatic rings. The standard InChI is InChI=1S/C11H14ClNO2/c1-2-11(13,7-10(14)15)8-4-3-5-9(12)6-8/h3-6H,2,7,13H2,1H3,(H,14,15). The highest BCUT2D eigenvalue weighted by Gasteiger charge is 2.28. The second-order valence-electron chi connectivity index (χ2n) is 3.59. The van der Waals surface area contributed by atoms with Gasteiger partial charge in [0.15, 0.2) is 0 Å². The minimum absolute atomic E-state index is 0.0934. The zero-order valence-corrected chi connectivity index (χ0v) is 9.29. The molecule has 0 radical (unpaired) electrons. The van der Waals surface area contributed by atoms with Crippen LogP contribution in [0.2, 0.25) is 5.02 Å². The van der Waals surface area contributed by atoms with E-state index in [0.29, 0.717) is 11.4 Å². The van der Waals surface area contributed by atoms with Crippen molar-refractivity contribution in [2.75, 3.05) is 0 Å². The van der Waals surface area contributed by atoms with Crippen LogP contribution >= 0.6 is 11.6 Å². The van der Waals surface area contributed by atoms with Gasteiger partial charge in [-0.05, 0) is 24.1 Å². The zero-order chi connectivity index (χ0) is 11.5. The molecule has 0 saturated heterocycles. The summed E-state index contributed by atoms with van der Waals surface area (Å²) in [7, 11) is 0. The minimum atomic E-state index is -0.903. The van der Waals surface area contributed by atoms with Crippen molar-refractivity contribution in [3.05, 3.63) is 34.9 Å². The van der Waals surface area contributed by atoms with Crippen molar-refractivity contribution in [3.63, 3.8) is 0 Å². The van der Waals surface area contributed by atoms with Crippen LogP contribution in [0.1, 0.15) is 25.3 Å². The van der Waals surface area contributed by atoms with E-state index in [2.05, 4.69) is 0 Å². The monoisotopic (exact) mass is 227 g/mol. The number of rotatable bonds is 4. The van der Waals surface area contributed by atoms with E-state index in [4.69, 9.17) is 22.4 Å². The molecular weight excluding hydrogens is 214 g/mol. The van der Waals surface area contributed by atoms with Gasteiger partial charge < -0.3 is 10.8 Å². The molecule has 0 bridgehead atoms. The molecule has 0 fully saturated rings. The summed E-state index contributed by atoms with van der Waals surface area (Å²) in [6, 6.07) is 7.03. The van der Waals surface area contributed by atoms with E-state index < -0.39 is 11.5 Å². The van der Waals surface area contributed by atoms with Crippen LogP contribution in [-0.4, -0.2) is 11.1 Å². The molecule has 15 heavy (non-hydrogen) atoms. The molecule has 0 heterocycles. The Morgan fingerprint density at radius 1 is 1.60 bits per heavy atom. The lowest BCUT2D eigenvalue weighted by Crippen LogP contribution is -2.38. The number of hydrogen-bond acceptors (Lipinski definition) is 2. The molecule has 82 valence electrons. The first-order chi connectivity index (χ1) is 6.98. The van der Waals surface area contributed by atoms with Crippen LogP contribution < -0.4 is 5.73 Å². The van der Waals surface area contributed by atoms with Gasteiger partial charge in [0.25, 0.3) is 0 Å². The van der Waals surface area contributed by atoms with Crippen LogP contribution in [0.5, 0.6) is 0 Å². The van der Waals surface area contributed by atoms with Gasteiger partial charge in [-0.1, -0.05) is 30.7 Å². The maximum atomic E-state index is 10.7. The Labute approximate surface area is 93.9 Å². The van der Waals surface area contributed by atoms with Crippen molar-refractivity contribution in [2.24, 2.45) is 5.73 Å². The number of halogens is 1. The number of aliphatic carboxylic acids is 1. The SMILES string of the molecule is CCC(N)(CC(=O)O)c1cccc(Cl)c1. The predicted molar refractivity (Wildman–Crippen MR) is 59.9 cm³/mol. The van der Waals surface area contributed by atoms with E-state index in [-0.39, 0.29) is 6.42 Å². The van der Waals surface area contributed by atoms with E-state index in [1.807, 2.05) is 6.92 Å². The van der Waals surface area contributed by atoms with Gasteiger partial charge in [0, 0.05) is 5.02 Å². The molecule has 3 N–H and O–H groups in total. The third kappa shape index (κ3) is 2.94. The molecule has 4 heteroatoms. The lowest BCUT2D eigenvalue weighted by atomic mass is 9.85. The number of carboxylic acid groups (broad SMARTS) is 1. The summed E-state index contributed by atoms with van der Waals surface area (Å²) in [5, 5.41) is 9.37. The normalized spacial score (nSPS) is 14.6. The molecule has 0 aliphatic heterocycles. The maximum Gasteiger partial charge on any atom is 0.305 e. The summed E-state index contributed by atoms with van der Waals surface area (Å²) in [5.41, 5.74) is 5.98. The minimum Gasteiger partial charge on any atom is -0.481 e. The summed E-state index contributed by atoms with van der Waals surface area (Å²) >= 11 is 5.84. The summed E-state index contributed by atoms with van der Waals surface area (Å²) in [6.45, 7) is 1.86. The summed E-state index contributed by atoms with van der Waals surface area (Å²) in [4.78, 5) is 10.7. The number of nitrogens with two attached hydrogens (primary N) is 1. The van der Waals surface area contributed by atoms with Crippen LogP contribution in [0.25, 0.3) is 0 Å². The molecule has 3 nitrogen and oxygen atoms in total. The van der Waals surface area contributed by atoms with Crippen LogP contribution in [0, 0.1) is 0 Å². The first-order valence-corrected chi connectivity index (χ1v) is 5.12. The second-order valence-corrected chi connectivity index (χ2v) is 4.03. The fourth-order valence-corrected chi connectivity index (χ4v) is 1.69. The van der Waals surface area contributed by atoms with Crippen molar-refractivity contribution in [2.45, 2.75) is 25.3 Å². The summed E-state index contributed by atoms with van der Waals surface area (Å²) in [6.07, 6.45) is 0.462. The molecule has 0 amide bonds. The van der Waals surface area contributed by atoms with Crippen LogP contribution in [-0.2, 0) is 10.3 Å². The van der Waals surface area contributed by atoms with Crippen LogP contribution in [0.4, 0.5) is 0 Å². The summed E-state index contributed by atoms with van der Waals surface area (Å²) in [5.74, 6) is -0.903. The third-order valence-electron chi connectivity index (χ3n) is 2.50. The Balaban J connectivity index is 3.05. The average Bonchev–Trinajstić information content (AvgIpc) is 2.16. The van der Waals surface area contributed by atoms with Crippen LogP contribution in [0.15, 0.2) is 24.3 Å². The highest BCUT2D eigenvalue weighted by atomic mass is 35.5. The van der Waals surface area contributed by atoms with E-state index in [1.165, 1.54) is 0 Å². The third-order valence-corrected chi connectivity index (χ3v) is 2.73.